The Hall–Kier alpha value is -3.32. The molecular formula is C22H23N3O3S. The molecule has 0 aliphatic carbocycles. The summed E-state index contributed by atoms with van der Waals surface area (Å²) in [6, 6.07) is 24.4. The van der Waals surface area contributed by atoms with Gasteiger partial charge in [0.05, 0.1) is 4.90 Å². The number of benzene rings is 3. The Morgan fingerprint density at radius 3 is 2.00 bits per heavy atom. The number of carbonyl (C=O) groups is 1. The summed E-state index contributed by atoms with van der Waals surface area (Å²) in [5, 5.41) is 6.15. The summed E-state index contributed by atoms with van der Waals surface area (Å²) < 4.78 is 27.2. The Kier molecular flexibility index (Phi) is 6.86. The van der Waals surface area contributed by atoms with Crippen LogP contribution in [0.2, 0.25) is 0 Å². The normalized spacial score (nSPS) is 10.9. The highest BCUT2D eigenvalue weighted by Crippen LogP contribution is 2.16. The third-order valence-electron chi connectivity index (χ3n) is 4.19. The Morgan fingerprint density at radius 1 is 0.724 bits per heavy atom. The molecule has 29 heavy (non-hydrogen) atoms. The molecule has 3 aromatic rings. The summed E-state index contributed by atoms with van der Waals surface area (Å²) in [5.74, 6) is -0.192. The number of carbonyl (C=O) groups excluding carboxylic acids is 1. The van der Waals surface area contributed by atoms with Crippen molar-refractivity contribution in [2.75, 3.05) is 23.1 Å². The summed E-state index contributed by atoms with van der Waals surface area (Å²) in [7, 11) is -3.65. The zero-order valence-corrected chi connectivity index (χ0v) is 16.7. The molecule has 0 radical (unpaired) electrons. The van der Waals surface area contributed by atoms with Crippen molar-refractivity contribution >= 4 is 27.3 Å². The van der Waals surface area contributed by atoms with E-state index in [0.29, 0.717) is 17.8 Å². The van der Waals surface area contributed by atoms with Gasteiger partial charge in [-0.1, -0.05) is 36.4 Å². The third kappa shape index (κ3) is 6.08. The van der Waals surface area contributed by atoms with E-state index < -0.39 is 10.0 Å². The number of hydrogen-bond donors (Lipinski definition) is 3. The summed E-state index contributed by atoms with van der Waals surface area (Å²) >= 11 is 0. The van der Waals surface area contributed by atoms with E-state index >= 15 is 0 Å². The number of anilines is 2. The monoisotopic (exact) mass is 409 g/mol. The zero-order chi connectivity index (χ0) is 20.5. The van der Waals surface area contributed by atoms with Crippen LogP contribution in [0.5, 0.6) is 0 Å². The van der Waals surface area contributed by atoms with Gasteiger partial charge in [0.15, 0.2) is 0 Å². The first kappa shape index (κ1) is 20.4. The SMILES string of the molecule is O=C(NCCCNc1ccccc1)c1ccc(NS(=O)(=O)c2ccccc2)cc1. The predicted octanol–water partition coefficient (Wildman–Crippen LogP) is 3.72. The smallest absolute Gasteiger partial charge is 0.261 e. The van der Waals surface area contributed by atoms with Crippen LogP contribution in [0.1, 0.15) is 16.8 Å². The molecule has 6 nitrogen and oxygen atoms in total. The van der Waals surface area contributed by atoms with Crippen LogP contribution in [-0.4, -0.2) is 27.4 Å². The van der Waals surface area contributed by atoms with Gasteiger partial charge < -0.3 is 10.6 Å². The van der Waals surface area contributed by atoms with E-state index in [1.54, 1.807) is 42.5 Å². The molecular weight excluding hydrogens is 386 g/mol. The Labute approximate surface area is 171 Å². The number of amides is 1. The Balaban J connectivity index is 1.46. The molecule has 0 atom stereocenters. The van der Waals surface area contributed by atoms with Gasteiger partial charge in [0.2, 0.25) is 0 Å². The summed E-state index contributed by atoms with van der Waals surface area (Å²) in [6.45, 7) is 1.30. The number of rotatable bonds is 9. The summed E-state index contributed by atoms with van der Waals surface area (Å²) in [4.78, 5) is 12.4. The van der Waals surface area contributed by atoms with Crippen molar-refractivity contribution in [3.63, 3.8) is 0 Å². The second-order valence-electron chi connectivity index (χ2n) is 6.40. The molecule has 0 unspecified atom stereocenters. The van der Waals surface area contributed by atoms with E-state index in [1.807, 2.05) is 30.3 Å². The first-order chi connectivity index (χ1) is 14.0. The quantitative estimate of drug-likeness (QED) is 0.470. The lowest BCUT2D eigenvalue weighted by molar-refractivity contribution is 0.0953. The fourth-order valence-corrected chi connectivity index (χ4v) is 3.76. The van der Waals surface area contributed by atoms with Crippen LogP contribution >= 0.6 is 0 Å². The van der Waals surface area contributed by atoms with Crippen LogP contribution in [0, 0.1) is 0 Å². The average molecular weight is 410 g/mol. The van der Waals surface area contributed by atoms with E-state index in [2.05, 4.69) is 15.4 Å². The van der Waals surface area contributed by atoms with Gasteiger partial charge in [-0.25, -0.2) is 8.42 Å². The van der Waals surface area contributed by atoms with Gasteiger partial charge in [-0.15, -0.1) is 0 Å². The van der Waals surface area contributed by atoms with Gasteiger partial charge in [0, 0.05) is 30.0 Å². The largest absolute Gasteiger partial charge is 0.385 e. The highest BCUT2D eigenvalue weighted by molar-refractivity contribution is 7.92. The minimum Gasteiger partial charge on any atom is -0.385 e. The maximum Gasteiger partial charge on any atom is 0.261 e. The molecule has 1 amide bonds. The van der Waals surface area contributed by atoms with Crippen LogP contribution in [-0.2, 0) is 10.0 Å². The maximum atomic E-state index is 12.3. The lowest BCUT2D eigenvalue weighted by Gasteiger charge is -2.10. The number of nitrogens with one attached hydrogen (secondary N) is 3. The van der Waals surface area contributed by atoms with Crippen molar-refractivity contribution in [2.45, 2.75) is 11.3 Å². The molecule has 0 aliphatic heterocycles. The second kappa shape index (κ2) is 9.75. The van der Waals surface area contributed by atoms with Crippen molar-refractivity contribution < 1.29 is 13.2 Å². The third-order valence-corrected chi connectivity index (χ3v) is 5.59. The van der Waals surface area contributed by atoms with Gasteiger partial charge in [-0.3, -0.25) is 9.52 Å². The first-order valence-corrected chi connectivity index (χ1v) is 10.8. The standard InChI is InChI=1S/C22H23N3O3S/c26-22(24-17-7-16-23-19-8-3-1-4-9-19)18-12-14-20(15-13-18)25-29(27,28)21-10-5-2-6-11-21/h1-6,8-15,23,25H,7,16-17H2,(H,24,26). The lowest BCUT2D eigenvalue weighted by Crippen LogP contribution is -2.25. The number of sulfonamides is 1. The molecule has 0 fully saturated rings. The molecule has 0 bridgehead atoms. The van der Waals surface area contributed by atoms with Gasteiger partial charge in [0.1, 0.15) is 0 Å². The van der Waals surface area contributed by atoms with Gasteiger partial charge in [-0.2, -0.15) is 0 Å². The van der Waals surface area contributed by atoms with Crippen LogP contribution in [0.3, 0.4) is 0 Å². The summed E-state index contributed by atoms with van der Waals surface area (Å²) in [5.41, 5.74) is 1.92. The number of para-hydroxylation sites is 1. The van der Waals surface area contributed by atoms with E-state index in [1.165, 1.54) is 12.1 Å². The van der Waals surface area contributed by atoms with Gasteiger partial charge in [-0.05, 0) is 55.0 Å². The molecule has 0 saturated carbocycles. The van der Waals surface area contributed by atoms with E-state index in [4.69, 9.17) is 0 Å². The Morgan fingerprint density at radius 2 is 1.34 bits per heavy atom. The lowest BCUT2D eigenvalue weighted by atomic mass is 10.2. The van der Waals surface area contributed by atoms with Gasteiger partial charge in [0.25, 0.3) is 15.9 Å². The van der Waals surface area contributed by atoms with Crippen LogP contribution in [0.15, 0.2) is 89.8 Å². The predicted molar refractivity (Wildman–Crippen MR) is 116 cm³/mol. The Bertz CT molecular complexity index is 1020. The topological polar surface area (TPSA) is 87.3 Å². The van der Waals surface area contributed by atoms with E-state index in [9.17, 15) is 13.2 Å². The van der Waals surface area contributed by atoms with Crippen LogP contribution in [0.4, 0.5) is 11.4 Å². The van der Waals surface area contributed by atoms with Crippen molar-refractivity contribution in [3.05, 3.63) is 90.5 Å². The minimum atomic E-state index is -3.65. The molecule has 0 spiro atoms. The van der Waals surface area contributed by atoms with E-state index in [0.717, 1.165) is 18.7 Å². The molecule has 7 heteroatoms. The molecule has 0 saturated heterocycles. The first-order valence-electron chi connectivity index (χ1n) is 9.30. The van der Waals surface area contributed by atoms with E-state index in [-0.39, 0.29) is 10.8 Å². The fraction of sp³-hybridized carbons (Fsp3) is 0.136. The maximum absolute atomic E-state index is 12.3. The molecule has 3 N–H and O–H groups in total. The van der Waals surface area contributed by atoms with Crippen molar-refractivity contribution in [1.82, 2.24) is 5.32 Å². The number of hydrogen-bond acceptors (Lipinski definition) is 4. The fourth-order valence-electron chi connectivity index (χ4n) is 2.68. The van der Waals surface area contributed by atoms with Crippen LogP contribution in [0.25, 0.3) is 0 Å². The molecule has 0 heterocycles. The second-order valence-corrected chi connectivity index (χ2v) is 8.08. The van der Waals surface area contributed by atoms with Crippen LogP contribution < -0.4 is 15.4 Å². The minimum absolute atomic E-state index is 0.186. The van der Waals surface area contributed by atoms with Crippen molar-refractivity contribution in [2.24, 2.45) is 0 Å². The van der Waals surface area contributed by atoms with Crippen molar-refractivity contribution in [1.29, 1.82) is 0 Å². The highest BCUT2D eigenvalue weighted by Gasteiger charge is 2.13. The van der Waals surface area contributed by atoms with Gasteiger partial charge >= 0.3 is 0 Å². The highest BCUT2D eigenvalue weighted by atomic mass is 32.2. The zero-order valence-electron chi connectivity index (χ0n) is 15.8. The molecule has 150 valence electrons. The molecule has 3 aromatic carbocycles. The summed E-state index contributed by atoms with van der Waals surface area (Å²) in [6.07, 6.45) is 0.787. The molecule has 0 aliphatic rings. The molecule has 3 rings (SSSR count). The molecule has 0 aromatic heterocycles. The average Bonchev–Trinajstić information content (AvgIpc) is 2.75. The van der Waals surface area contributed by atoms with Crippen molar-refractivity contribution in [3.8, 4) is 0 Å².